The molecule has 0 amide bonds. The van der Waals surface area contributed by atoms with E-state index in [1.807, 2.05) is 0 Å². The highest BCUT2D eigenvalue weighted by Crippen LogP contribution is 2.09. The minimum atomic E-state index is -0.530. The lowest BCUT2D eigenvalue weighted by molar-refractivity contribution is -0.159. The van der Waals surface area contributed by atoms with Crippen molar-refractivity contribution in [2.45, 2.75) is 71.3 Å². The molecule has 6 nitrogen and oxygen atoms in total. The van der Waals surface area contributed by atoms with Crippen LogP contribution >= 0.6 is 22.6 Å². The van der Waals surface area contributed by atoms with Gasteiger partial charge in [-0.25, -0.2) is 0 Å². The van der Waals surface area contributed by atoms with E-state index < -0.39 is 18.0 Å². The smallest absolute Gasteiger partial charge is 0.303 e. The fourth-order valence-electron chi connectivity index (χ4n) is 2.30. The van der Waals surface area contributed by atoms with E-state index in [-0.39, 0.29) is 13.2 Å². The second-order valence-corrected chi connectivity index (χ2v) is 6.58. The summed E-state index contributed by atoms with van der Waals surface area (Å²) in [7, 11) is 0. The first kappa shape index (κ1) is 24.6. The number of hydrogen-bond acceptors (Lipinski definition) is 6. The van der Waals surface area contributed by atoms with Crippen molar-refractivity contribution in [1.82, 2.24) is 0 Å². The maximum Gasteiger partial charge on any atom is 0.303 e. The molecule has 0 N–H and O–H groups in total. The number of halogens is 1. The van der Waals surface area contributed by atoms with Gasteiger partial charge in [-0.05, 0) is 12.8 Å². The monoisotopic (exact) mass is 472 g/mol. The van der Waals surface area contributed by atoms with Crippen molar-refractivity contribution in [1.29, 1.82) is 0 Å². The summed E-state index contributed by atoms with van der Waals surface area (Å²) in [6, 6.07) is 0. The minimum absolute atomic E-state index is 0.0395. The van der Waals surface area contributed by atoms with Gasteiger partial charge in [0.05, 0.1) is 11.2 Å². The van der Waals surface area contributed by atoms with Gasteiger partial charge in [0.25, 0.3) is 0 Å². The SMILES string of the molecule is CC(=O)OCC(COCCCCCCCCCCOCI)OC(C)=O. The van der Waals surface area contributed by atoms with E-state index in [0.29, 0.717) is 6.61 Å². The highest BCUT2D eigenvalue weighted by atomic mass is 127. The van der Waals surface area contributed by atoms with Crippen LogP contribution in [0.2, 0.25) is 0 Å². The summed E-state index contributed by atoms with van der Waals surface area (Å²) < 4.78 is 21.5. The van der Waals surface area contributed by atoms with Crippen molar-refractivity contribution in [2.75, 3.05) is 31.0 Å². The fraction of sp³-hybridized carbons (Fsp3) is 0.889. The third-order valence-electron chi connectivity index (χ3n) is 3.51. The number of carbonyl (C=O) groups excluding carboxylic acids is 2. The number of hydrogen-bond donors (Lipinski definition) is 0. The van der Waals surface area contributed by atoms with Gasteiger partial charge in [0.2, 0.25) is 0 Å². The number of rotatable bonds is 17. The number of alkyl halides is 1. The Morgan fingerprint density at radius 2 is 1.28 bits per heavy atom. The van der Waals surface area contributed by atoms with Crippen molar-refractivity contribution >= 4 is 34.5 Å². The van der Waals surface area contributed by atoms with Gasteiger partial charge in [-0.2, -0.15) is 0 Å². The van der Waals surface area contributed by atoms with E-state index in [9.17, 15) is 9.59 Å². The summed E-state index contributed by atoms with van der Waals surface area (Å²) in [4.78, 5) is 21.8. The fourth-order valence-corrected chi connectivity index (χ4v) is 2.61. The molecular formula is C18H33IO6. The van der Waals surface area contributed by atoms with Gasteiger partial charge in [-0.1, -0.05) is 61.1 Å². The third-order valence-corrected chi connectivity index (χ3v) is 3.95. The van der Waals surface area contributed by atoms with E-state index in [4.69, 9.17) is 18.9 Å². The number of esters is 2. The van der Waals surface area contributed by atoms with Gasteiger partial charge in [0, 0.05) is 27.1 Å². The molecule has 148 valence electrons. The van der Waals surface area contributed by atoms with Gasteiger partial charge in [0.1, 0.15) is 6.61 Å². The van der Waals surface area contributed by atoms with Gasteiger partial charge in [-0.3, -0.25) is 9.59 Å². The molecule has 0 aromatic carbocycles. The molecule has 25 heavy (non-hydrogen) atoms. The Morgan fingerprint density at radius 1 is 0.760 bits per heavy atom. The van der Waals surface area contributed by atoms with E-state index in [1.165, 1.54) is 46.0 Å². The van der Waals surface area contributed by atoms with Crippen LogP contribution in [0.25, 0.3) is 0 Å². The lowest BCUT2D eigenvalue weighted by atomic mass is 10.1. The molecule has 0 aliphatic heterocycles. The van der Waals surface area contributed by atoms with Crippen LogP contribution in [0.3, 0.4) is 0 Å². The van der Waals surface area contributed by atoms with Crippen molar-refractivity contribution in [3.63, 3.8) is 0 Å². The van der Waals surface area contributed by atoms with E-state index in [0.717, 1.165) is 30.5 Å². The standard InChI is InChI=1S/C18H33IO6/c1-16(20)24-14-18(25-17(2)21)13-22-11-9-7-5-3-4-6-8-10-12-23-15-19/h18H,3-15H2,1-2H3. The Kier molecular flexibility index (Phi) is 18.1. The van der Waals surface area contributed by atoms with Crippen LogP contribution in [0.1, 0.15) is 65.2 Å². The minimum Gasteiger partial charge on any atom is -0.462 e. The zero-order chi connectivity index (χ0) is 18.8. The average Bonchev–Trinajstić information content (AvgIpc) is 2.56. The Morgan fingerprint density at radius 3 is 1.76 bits per heavy atom. The van der Waals surface area contributed by atoms with Crippen LogP contribution in [0, 0.1) is 0 Å². The van der Waals surface area contributed by atoms with Gasteiger partial charge in [-0.15, -0.1) is 0 Å². The van der Waals surface area contributed by atoms with Crippen molar-refractivity contribution < 1.29 is 28.5 Å². The van der Waals surface area contributed by atoms with Crippen LogP contribution in [0.15, 0.2) is 0 Å². The largest absolute Gasteiger partial charge is 0.462 e. The molecule has 0 saturated carbocycles. The molecule has 0 aromatic rings. The second kappa shape index (κ2) is 18.4. The highest BCUT2D eigenvalue weighted by molar-refractivity contribution is 14.1. The molecule has 0 heterocycles. The Balaban J connectivity index is 3.44. The molecule has 0 bridgehead atoms. The molecule has 1 atom stereocenters. The van der Waals surface area contributed by atoms with Crippen LogP contribution in [-0.4, -0.2) is 49.1 Å². The van der Waals surface area contributed by atoms with Crippen LogP contribution in [-0.2, 0) is 28.5 Å². The van der Waals surface area contributed by atoms with Gasteiger partial charge in [0.15, 0.2) is 6.10 Å². The molecule has 7 heteroatoms. The van der Waals surface area contributed by atoms with Gasteiger partial charge >= 0.3 is 11.9 Å². The summed E-state index contributed by atoms with van der Waals surface area (Å²) in [5.41, 5.74) is 0. The molecule has 0 spiro atoms. The molecular weight excluding hydrogens is 439 g/mol. The predicted molar refractivity (Wildman–Crippen MR) is 105 cm³/mol. The molecule has 1 unspecified atom stereocenters. The summed E-state index contributed by atoms with van der Waals surface area (Å²) >= 11 is 2.22. The Labute approximate surface area is 165 Å². The normalized spacial score (nSPS) is 12.0. The van der Waals surface area contributed by atoms with Crippen LogP contribution in [0.5, 0.6) is 0 Å². The summed E-state index contributed by atoms with van der Waals surface area (Å²) in [5, 5.41) is 0. The zero-order valence-corrected chi connectivity index (χ0v) is 17.8. The Hall–Kier alpha value is -0.410. The molecule has 0 saturated heterocycles. The van der Waals surface area contributed by atoms with Crippen molar-refractivity contribution in [2.24, 2.45) is 0 Å². The third kappa shape index (κ3) is 19.8. The number of ether oxygens (including phenoxy) is 4. The van der Waals surface area contributed by atoms with E-state index in [2.05, 4.69) is 22.6 Å². The molecule has 0 radical (unpaired) electrons. The molecule has 0 aliphatic carbocycles. The Bertz CT molecular complexity index is 338. The van der Waals surface area contributed by atoms with Gasteiger partial charge < -0.3 is 18.9 Å². The highest BCUT2D eigenvalue weighted by Gasteiger charge is 2.14. The first-order valence-electron chi connectivity index (χ1n) is 9.08. The quantitative estimate of drug-likeness (QED) is 0.138. The van der Waals surface area contributed by atoms with E-state index in [1.54, 1.807) is 0 Å². The lowest BCUT2D eigenvalue weighted by Gasteiger charge is -2.16. The van der Waals surface area contributed by atoms with Crippen molar-refractivity contribution in [3.05, 3.63) is 0 Å². The molecule has 0 rings (SSSR count). The molecule has 0 fully saturated rings. The molecule has 0 aliphatic rings. The second-order valence-electron chi connectivity index (χ2n) is 5.95. The predicted octanol–water partition coefficient (Wildman–Crippen LogP) is 4.03. The lowest BCUT2D eigenvalue weighted by Crippen LogP contribution is -2.28. The maximum absolute atomic E-state index is 11.0. The first-order valence-corrected chi connectivity index (χ1v) is 10.6. The van der Waals surface area contributed by atoms with Crippen LogP contribution < -0.4 is 0 Å². The van der Waals surface area contributed by atoms with Crippen LogP contribution in [0.4, 0.5) is 0 Å². The van der Waals surface area contributed by atoms with E-state index >= 15 is 0 Å². The summed E-state index contributed by atoms with van der Waals surface area (Å²) in [6.07, 6.45) is 9.04. The zero-order valence-electron chi connectivity index (χ0n) is 15.6. The first-order chi connectivity index (χ1) is 12.1. The number of unbranched alkanes of at least 4 members (excludes halogenated alkanes) is 7. The maximum atomic E-state index is 11.0. The molecule has 0 aromatic heterocycles. The summed E-state index contributed by atoms with van der Waals surface area (Å²) in [6.45, 7) is 4.46. The van der Waals surface area contributed by atoms with Crippen molar-refractivity contribution in [3.8, 4) is 0 Å². The number of carbonyl (C=O) groups is 2. The average molecular weight is 472 g/mol. The summed E-state index contributed by atoms with van der Waals surface area (Å²) in [5.74, 6) is -0.795. The topological polar surface area (TPSA) is 71.1 Å².